The molecule has 0 N–H and O–H groups in total. The second-order valence-electron chi connectivity index (χ2n) is 6.93. The van der Waals surface area contributed by atoms with Crippen molar-refractivity contribution >= 4 is 23.2 Å². The highest BCUT2D eigenvalue weighted by Gasteiger charge is 2.32. The number of fused-ring (bicyclic) bond motifs is 1. The summed E-state index contributed by atoms with van der Waals surface area (Å²) < 4.78 is 11.3. The molecule has 0 unspecified atom stereocenters. The fourth-order valence-corrected chi connectivity index (χ4v) is 2.72. The molecule has 1 atom stereocenters. The summed E-state index contributed by atoms with van der Waals surface area (Å²) in [6.07, 6.45) is -0.262. The fraction of sp³-hybridized carbons (Fsp3) is 0.529. The van der Waals surface area contributed by atoms with E-state index in [1.54, 1.807) is 4.90 Å². The molecule has 1 aliphatic rings. The highest BCUT2D eigenvalue weighted by molar-refractivity contribution is 5.74. The van der Waals surface area contributed by atoms with Crippen LogP contribution in [-0.2, 0) is 4.74 Å². The van der Waals surface area contributed by atoms with Crippen LogP contribution in [-0.4, -0.2) is 47.3 Å². The minimum atomic E-state index is -0.478. The summed E-state index contributed by atoms with van der Waals surface area (Å²) >= 11 is 0. The molecule has 23 heavy (non-hydrogen) atoms. The number of amides is 1. The quantitative estimate of drug-likeness (QED) is 0.808. The van der Waals surface area contributed by atoms with Gasteiger partial charge in [-0.3, -0.25) is 0 Å². The highest BCUT2D eigenvalue weighted by Crippen LogP contribution is 2.24. The Bertz CT molecular complexity index is 671. The summed E-state index contributed by atoms with van der Waals surface area (Å²) in [7, 11) is 0. The third-order valence-corrected chi connectivity index (χ3v) is 3.81. The molecule has 1 aromatic carbocycles. The molecule has 2 heterocycles. The van der Waals surface area contributed by atoms with Crippen LogP contribution in [0.2, 0.25) is 0 Å². The smallest absolute Gasteiger partial charge is 0.410 e. The Kier molecular flexibility index (Phi) is 3.92. The molecule has 6 nitrogen and oxygen atoms in total. The standard InChI is InChI=1S/C17H23N3O3/c1-12-11-19(9-10-20(12)16(21)23-17(2,3)4)15-18-13-7-5-6-8-14(13)22-15/h5-8,12H,9-11H2,1-4H3/t12-/m0/s1. The molecule has 1 amide bonds. The van der Waals surface area contributed by atoms with Gasteiger partial charge in [-0.05, 0) is 39.8 Å². The third-order valence-electron chi connectivity index (χ3n) is 3.81. The van der Waals surface area contributed by atoms with E-state index in [1.807, 2.05) is 52.0 Å². The number of piperazine rings is 1. The van der Waals surface area contributed by atoms with E-state index in [4.69, 9.17) is 9.15 Å². The molecule has 0 spiro atoms. The van der Waals surface area contributed by atoms with Gasteiger partial charge in [-0.25, -0.2) is 4.79 Å². The molecule has 1 aromatic heterocycles. The molecule has 0 aliphatic carbocycles. The minimum Gasteiger partial charge on any atom is -0.444 e. The van der Waals surface area contributed by atoms with Gasteiger partial charge < -0.3 is 19.0 Å². The molecule has 0 saturated carbocycles. The van der Waals surface area contributed by atoms with Gasteiger partial charge in [-0.15, -0.1) is 0 Å². The molecule has 6 heteroatoms. The first kappa shape index (κ1) is 15.6. The molecule has 3 rings (SSSR count). The van der Waals surface area contributed by atoms with E-state index in [-0.39, 0.29) is 12.1 Å². The Morgan fingerprint density at radius 1 is 1.30 bits per heavy atom. The number of nitrogens with zero attached hydrogens (tertiary/aromatic N) is 3. The van der Waals surface area contributed by atoms with Crippen LogP contribution < -0.4 is 4.90 Å². The van der Waals surface area contributed by atoms with Gasteiger partial charge in [0.1, 0.15) is 11.1 Å². The molecule has 2 aromatic rings. The highest BCUT2D eigenvalue weighted by atomic mass is 16.6. The Balaban J connectivity index is 1.69. The maximum absolute atomic E-state index is 12.3. The van der Waals surface area contributed by atoms with E-state index in [0.717, 1.165) is 11.1 Å². The second-order valence-corrected chi connectivity index (χ2v) is 6.93. The average Bonchev–Trinajstić information content (AvgIpc) is 2.89. The van der Waals surface area contributed by atoms with Crippen molar-refractivity contribution in [1.82, 2.24) is 9.88 Å². The topological polar surface area (TPSA) is 58.8 Å². The van der Waals surface area contributed by atoms with Gasteiger partial charge in [0, 0.05) is 25.7 Å². The van der Waals surface area contributed by atoms with E-state index in [0.29, 0.717) is 25.6 Å². The zero-order valence-corrected chi connectivity index (χ0v) is 14.1. The second kappa shape index (κ2) is 5.76. The van der Waals surface area contributed by atoms with Crippen LogP contribution in [0.5, 0.6) is 0 Å². The lowest BCUT2D eigenvalue weighted by atomic mass is 10.2. The summed E-state index contributed by atoms with van der Waals surface area (Å²) in [4.78, 5) is 20.6. The number of ether oxygens (including phenoxy) is 1. The van der Waals surface area contributed by atoms with Crippen LogP contribution in [0.3, 0.4) is 0 Å². The van der Waals surface area contributed by atoms with Crippen molar-refractivity contribution in [3.63, 3.8) is 0 Å². The van der Waals surface area contributed by atoms with Crippen molar-refractivity contribution in [3.05, 3.63) is 24.3 Å². The summed E-state index contributed by atoms with van der Waals surface area (Å²) in [5, 5.41) is 0. The van der Waals surface area contributed by atoms with Gasteiger partial charge in [0.05, 0.1) is 0 Å². The maximum Gasteiger partial charge on any atom is 0.410 e. The van der Waals surface area contributed by atoms with E-state index >= 15 is 0 Å². The van der Waals surface area contributed by atoms with Crippen molar-refractivity contribution in [3.8, 4) is 0 Å². The zero-order chi connectivity index (χ0) is 16.6. The zero-order valence-electron chi connectivity index (χ0n) is 14.1. The first-order valence-corrected chi connectivity index (χ1v) is 7.93. The van der Waals surface area contributed by atoms with Crippen LogP contribution in [0.4, 0.5) is 10.8 Å². The number of rotatable bonds is 1. The van der Waals surface area contributed by atoms with Gasteiger partial charge in [0.15, 0.2) is 5.58 Å². The molecule has 0 bridgehead atoms. The molecular formula is C17H23N3O3. The van der Waals surface area contributed by atoms with Crippen LogP contribution in [0.25, 0.3) is 11.1 Å². The number of anilines is 1. The first-order valence-electron chi connectivity index (χ1n) is 7.93. The summed E-state index contributed by atoms with van der Waals surface area (Å²) in [5.41, 5.74) is 1.16. The van der Waals surface area contributed by atoms with E-state index in [2.05, 4.69) is 9.88 Å². The summed E-state index contributed by atoms with van der Waals surface area (Å²) in [6.45, 7) is 9.59. The lowest BCUT2D eigenvalue weighted by Gasteiger charge is -2.39. The maximum atomic E-state index is 12.3. The van der Waals surface area contributed by atoms with Crippen LogP contribution >= 0.6 is 0 Å². The normalized spacial score (nSPS) is 19.2. The molecule has 124 valence electrons. The number of aromatic nitrogens is 1. The number of benzene rings is 1. The Hall–Kier alpha value is -2.24. The van der Waals surface area contributed by atoms with Crippen LogP contribution in [0.1, 0.15) is 27.7 Å². The molecule has 1 saturated heterocycles. The summed E-state index contributed by atoms with van der Waals surface area (Å²) in [6, 6.07) is 8.36. The average molecular weight is 317 g/mol. The lowest BCUT2D eigenvalue weighted by Crippen LogP contribution is -2.55. The van der Waals surface area contributed by atoms with E-state index < -0.39 is 5.60 Å². The van der Waals surface area contributed by atoms with Crippen molar-refractivity contribution in [2.45, 2.75) is 39.3 Å². The molecule has 0 radical (unpaired) electrons. The van der Waals surface area contributed by atoms with E-state index in [1.165, 1.54) is 0 Å². The monoisotopic (exact) mass is 317 g/mol. The third kappa shape index (κ3) is 3.41. The van der Waals surface area contributed by atoms with Gasteiger partial charge in [-0.2, -0.15) is 4.98 Å². The number of carbonyl (C=O) groups is 1. The number of hydrogen-bond acceptors (Lipinski definition) is 5. The Morgan fingerprint density at radius 3 is 2.70 bits per heavy atom. The van der Waals surface area contributed by atoms with Crippen molar-refractivity contribution in [2.24, 2.45) is 0 Å². The predicted molar refractivity (Wildman–Crippen MR) is 88.6 cm³/mol. The minimum absolute atomic E-state index is 0.0358. The number of hydrogen-bond donors (Lipinski definition) is 0. The number of para-hydroxylation sites is 2. The Labute approximate surface area is 136 Å². The fourth-order valence-electron chi connectivity index (χ4n) is 2.72. The van der Waals surface area contributed by atoms with Crippen molar-refractivity contribution in [1.29, 1.82) is 0 Å². The largest absolute Gasteiger partial charge is 0.444 e. The van der Waals surface area contributed by atoms with Gasteiger partial charge in [0.25, 0.3) is 6.01 Å². The van der Waals surface area contributed by atoms with Crippen LogP contribution in [0, 0.1) is 0 Å². The van der Waals surface area contributed by atoms with Crippen molar-refractivity contribution in [2.75, 3.05) is 24.5 Å². The Morgan fingerprint density at radius 2 is 2.04 bits per heavy atom. The van der Waals surface area contributed by atoms with E-state index in [9.17, 15) is 4.79 Å². The van der Waals surface area contributed by atoms with Gasteiger partial charge in [-0.1, -0.05) is 12.1 Å². The molecular weight excluding hydrogens is 294 g/mol. The SMILES string of the molecule is C[C@H]1CN(c2nc3ccccc3o2)CCN1C(=O)OC(C)(C)C. The summed E-state index contributed by atoms with van der Waals surface area (Å²) in [5.74, 6) is 0. The van der Waals surface area contributed by atoms with Gasteiger partial charge >= 0.3 is 6.09 Å². The van der Waals surface area contributed by atoms with Gasteiger partial charge in [0.2, 0.25) is 0 Å². The first-order chi connectivity index (χ1) is 10.8. The lowest BCUT2D eigenvalue weighted by molar-refractivity contribution is 0.0156. The van der Waals surface area contributed by atoms with Crippen LogP contribution in [0.15, 0.2) is 28.7 Å². The predicted octanol–water partition coefficient (Wildman–Crippen LogP) is 3.27. The number of carbonyl (C=O) groups excluding carboxylic acids is 1. The number of oxazole rings is 1. The molecule has 1 aliphatic heterocycles. The van der Waals surface area contributed by atoms with Crippen molar-refractivity contribution < 1.29 is 13.9 Å². The molecule has 1 fully saturated rings.